The van der Waals surface area contributed by atoms with Gasteiger partial charge in [0.25, 0.3) is 0 Å². The van der Waals surface area contributed by atoms with E-state index in [4.69, 9.17) is 17.0 Å². The van der Waals surface area contributed by atoms with Crippen molar-refractivity contribution in [3.63, 3.8) is 0 Å². The number of rotatable bonds is 7. The van der Waals surface area contributed by atoms with Crippen LogP contribution < -0.4 is 4.74 Å². The molecule has 0 bridgehead atoms. The second-order valence-corrected chi connectivity index (χ2v) is 7.44. The Morgan fingerprint density at radius 2 is 2.05 bits per heavy atom. The van der Waals surface area contributed by atoms with Crippen LogP contribution in [0.5, 0.6) is 5.75 Å². The zero-order valence-electron chi connectivity index (χ0n) is 12.1. The van der Waals surface area contributed by atoms with Gasteiger partial charge >= 0.3 is 0 Å². The van der Waals surface area contributed by atoms with Crippen LogP contribution in [0, 0.1) is 0 Å². The molecule has 1 heterocycles. The van der Waals surface area contributed by atoms with Crippen molar-refractivity contribution in [1.82, 2.24) is 0 Å². The Balaban J connectivity index is 1.95. The number of aliphatic imine (C=N–C) groups is 1. The molecule has 114 valence electrons. The summed E-state index contributed by atoms with van der Waals surface area (Å²) in [6.45, 7) is 2.20. The third-order valence-corrected chi connectivity index (χ3v) is 5.67. The van der Waals surface area contributed by atoms with Crippen LogP contribution in [0.1, 0.15) is 24.6 Å². The number of thiophene rings is 1. The van der Waals surface area contributed by atoms with Crippen LogP contribution in [-0.2, 0) is 0 Å². The molecule has 0 unspecified atom stereocenters. The molecule has 1 aromatic carbocycles. The highest BCUT2D eigenvalue weighted by molar-refractivity contribution is 8.01. The van der Waals surface area contributed by atoms with Crippen LogP contribution in [0.4, 0.5) is 5.69 Å². The Labute approximate surface area is 149 Å². The van der Waals surface area contributed by atoms with Crippen molar-refractivity contribution in [2.75, 3.05) is 5.75 Å². The first-order valence-electron chi connectivity index (χ1n) is 6.85. The van der Waals surface area contributed by atoms with Gasteiger partial charge < -0.3 is 4.74 Å². The summed E-state index contributed by atoms with van der Waals surface area (Å²) >= 11 is 13.5. The Morgan fingerprint density at radius 1 is 1.27 bits per heavy atom. The first-order valence-corrected chi connectivity index (χ1v) is 9.47. The predicted octanol–water partition coefficient (Wildman–Crippen LogP) is 6.13. The van der Waals surface area contributed by atoms with Crippen LogP contribution >= 0.6 is 47.5 Å². The molecule has 2 aromatic rings. The fraction of sp³-hybridized carbons (Fsp3) is 0.250. The number of unbranched alkanes of at least 4 members (excludes halogenated alkanes) is 1. The molecular weight excluding hydrogens is 350 g/mol. The third kappa shape index (κ3) is 5.30. The van der Waals surface area contributed by atoms with Gasteiger partial charge in [0, 0.05) is 0 Å². The van der Waals surface area contributed by atoms with Crippen molar-refractivity contribution in [2.45, 2.75) is 24.0 Å². The minimum atomic E-state index is 0.499. The lowest BCUT2D eigenvalue weighted by atomic mass is 10.3. The van der Waals surface area contributed by atoms with E-state index in [0.717, 1.165) is 16.3 Å². The summed E-state index contributed by atoms with van der Waals surface area (Å²) in [6.07, 6.45) is 2.45. The molecule has 1 aromatic heterocycles. The van der Waals surface area contributed by atoms with Gasteiger partial charge in [-0.2, -0.15) is 4.99 Å². The predicted molar refractivity (Wildman–Crippen MR) is 103 cm³/mol. The summed E-state index contributed by atoms with van der Waals surface area (Å²) in [5.41, 5.74) is 0.749. The first-order chi connectivity index (χ1) is 10.7. The number of isothiocyanates is 1. The zero-order chi connectivity index (χ0) is 15.8. The maximum Gasteiger partial charge on any atom is 0.208 e. The van der Waals surface area contributed by atoms with Gasteiger partial charge in [0.05, 0.1) is 19.9 Å². The summed E-state index contributed by atoms with van der Waals surface area (Å²) < 4.78 is 6.99. The quantitative estimate of drug-likeness (QED) is 0.255. The van der Waals surface area contributed by atoms with Crippen LogP contribution in [0.3, 0.4) is 0 Å². The first kappa shape index (κ1) is 17.3. The van der Waals surface area contributed by atoms with E-state index in [0.29, 0.717) is 10.8 Å². The summed E-state index contributed by atoms with van der Waals surface area (Å²) in [6, 6.07) is 11.4. The second kappa shape index (κ2) is 9.18. The van der Waals surface area contributed by atoms with Gasteiger partial charge in [-0.25, -0.2) is 0 Å². The van der Waals surface area contributed by atoms with E-state index >= 15 is 0 Å². The molecule has 0 saturated heterocycles. The van der Waals surface area contributed by atoms with Crippen molar-refractivity contribution < 1.29 is 4.74 Å². The Hall–Kier alpha value is -1.04. The Morgan fingerprint density at radius 3 is 2.73 bits per heavy atom. The normalized spacial score (nSPS) is 10.0. The molecule has 0 atom stereocenters. The summed E-state index contributed by atoms with van der Waals surface area (Å²) in [4.78, 5) is 4.88. The molecule has 0 N–H and O–H groups in total. The fourth-order valence-electron chi connectivity index (χ4n) is 1.62. The molecular formula is C16H15NOS4. The van der Waals surface area contributed by atoms with Crippen LogP contribution in [0.25, 0.3) is 0 Å². The van der Waals surface area contributed by atoms with E-state index in [-0.39, 0.29) is 0 Å². The van der Waals surface area contributed by atoms with Crippen molar-refractivity contribution in [3.05, 3.63) is 41.3 Å². The minimum absolute atomic E-state index is 0.499. The average Bonchev–Trinajstić information content (AvgIpc) is 2.99. The number of thioether (sulfide) groups is 1. The van der Waals surface area contributed by atoms with Crippen molar-refractivity contribution >= 4 is 63.4 Å². The molecule has 22 heavy (non-hydrogen) atoms. The van der Waals surface area contributed by atoms with Gasteiger partial charge in [0.1, 0.15) is 5.75 Å². The SMILES string of the molecule is CCCCSc1ccc(C(=S)Oc2ccc(N=C=S)cc2)s1. The van der Waals surface area contributed by atoms with Gasteiger partial charge in [-0.05, 0) is 73.0 Å². The lowest BCUT2D eigenvalue weighted by molar-refractivity contribution is 0.568. The highest BCUT2D eigenvalue weighted by Gasteiger charge is 2.08. The monoisotopic (exact) mass is 365 g/mol. The summed E-state index contributed by atoms with van der Waals surface area (Å²) in [7, 11) is 0. The molecule has 6 heteroatoms. The largest absolute Gasteiger partial charge is 0.444 e. The molecule has 0 saturated carbocycles. The second-order valence-electron chi connectivity index (χ2n) is 4.41. The molecule has 2 nitrogen and oxygen atoms in total. The van der Waals surface area contributed by atoms with Crippen molar-refractivity contribution in [1.29, 1.82) is 0 Å². The van der Waals surface area contributed by atoms with Gasteiger partial charge in [-0.3, -0.25) is 0 Å². The fourth-order valence-corrected chi connectivity index (χ4v) is 4.19. The molecule has 0 amide bonds. The van der Waals surface area contributed by atoms with Crippen LogP contribution in [-0.4, -0.2) is 16.0 Å². The van der Waals surface area contributed by atoms with Crippen LogP contribution in [0.15, 0.2) is 45.6 Å². The van der Waals surface area contributed by atoms with E-state index in [2.05, 4.69) is 35.4 Å². The summed E-state index contributed by atoms with van der Waals surface area (Å²) in [5.74, 6) is 1.84. The highest BCUT2D eigenvalue weighted by atomic mass is 32.2. The number of hydrogen-bond acceptors (Lipinski definition) is 6. The van der Waals surface area contributed by atoms with E-state index < -0.39 is 0 Å². The standard InChI is InChI=1S/C16H15NOS4/c1-2-3-10-21-15-9-8-14(22-15)16(20)18-13-6-4-12(5-7-13)17-11-19/h4-9H,2-3,10H2,1H3. The van der Waals surface area contributed by atoms with E-state index in [1.807, 2.05) is 42.1 Å². The number of hydrogen-bond donors (Lipinski definition) is 0. The molecule has 0 spiro atoms. The molecule has 0 aliphatic heterocycles. The lowest BCUT2D eigenvalue weighted by Crippen LogP contribution is -2.04. The minimum Gasteiger partial charge on any atom is -0.444 e. The number of benzene rings is 1. The summed E-state index contributed by atoms with van der Waals surface area (Å²) in [5, 5.41) is 2.83. The van der Waals surface area contributed by atoms with Gasteiger partial charge in [0.15, 0.2) is 0 Å². The molecule has 0 radical (unpaired) electrons. The molecule has 2 rings (SSSR count). The lowest BCUT2D eigenvalue weighted by Gasteiger charge is -2.05. The zero-order valence-corrected chi connectivity index (χ0v) is 15.3. The number of nitrogens with zero attached hydrogens (tertiary/aromatic N) is 1. The van der Waals surface area contributed by atoms with Crippen molar-refractivity contribution in [3.8, 4) is 5.75 Å². The average molecular weight is 366 g/mol. The Kier molecular flexibility index (Phi) is 7.22. The third-order valence-electron chi connectivity index (χ3n) is 2.75. The highest BCUT2D eigenvalue weighted by Crippen LogP contribution is 2.29. The van der Waals surface area contributed by atoms with E-state index in [1.54, 1.807) is 11.3 Å². The Bertz CT molecular complexity index is 672. The van der Waals surface area contributed by atoms with Gasteiger partial charge in [0.2, 0.25) is 5.05 Å². The van der Waals surface area contributed by atoms with E-state index in [1.165, 1.54) is 17.1 Å². The number of ether oxygens (including phenoxy) is 1. The molecule has 0 aliphatic rings. The molecule has 0 fully saturated rings. The van der Waals surface area contributed by atoms with Crippen LogP contribution in [0.2, 0.25) is 0 Å². The van der Waals surface area contributed by atoms with Gasteiger partial charge in [-0.15, -0.1) is 23.1 Å². The van der Waals surface area contributed by atoms with E-state index in [9.17, 15) is 0 Å². The smallest absolute Gasteiger partial charge is 0.208 e. The van der Waals surface area contributed by atoms with Gasteiger partial charge in [-0.1, -0.05) is 13.3 Å². The van der Waals surface area contributed by atoms with Crippen molar-refractivity contribution in [2.24, 2.45) is 4.99 Å². The topological polar surface area (TPSA) is 21.6 Å². The maximum absolute atomic E-state index is 5.72. The number of thiocarbonyl (C=S) groups is 2. The molecule has 0 aliphatic carbocycles. The maximum atomic E-state index is 5.72.